The molecule has 0 atom stereocenters. The first-order valence-corrected chi connectivity index (χ1v) is 18.4. The van der Waals surface area contributed by atoms with Crippen LogP contribution in [0.2, 0.25) is 25.7 Å². The SMILES string of the molecule is CC(C)(C)OC(=O)C(C)(C)COc1ccc(-c2ccc(-c3nc(-c4ccccc4)n(COCC[Si](C)(C)C)n3)cc2)cn1. The Kier molecular flexibility index (Phi) is 9.87. The highest BCUT2D eigenvalue weighted by molar-refractivity contribution is 6.76. The van der Waals surface area contributed by atoms with Gasteiger partial charge in [-0.05, 0) is 52.3 Å². The fourth-order valence-electron chi connectivity index (χ4n) is 4.06. The smallest absolute Gasteiger partial charge is 0.315 e. The summed E-state index contributed by atoms with van der Waals surface area (Å²) in [5.41, 5.74) is 2.52. The largest absolute Gasteiger partial charge is 0.476 e. The summed E-state index contributed by atoms with van der Waals surface area (Å²) in [7, 11) is -1.18. The Morgan fingerprint density at radius 1 is 0.837 bits per heavy atom. The maximum absolute atomic E-state index is 12.5. The highest BCUT2D eigenvalue weighted by atomic mass is 28.3. The molecule has 43 heavy (non-hydrogen) atoms. The van der Waals surface area contributed by atoms with Crippen LogP contribution < -0.4 is 4.74 Å². The van der Waals surface area contributed by atoms with Gasteiger partial charge in [-0.25, -0.2) is 14.6 Å². The minimum atomic E-state index is -1.18. The van der Waals surface area contributed by atoms with Gasteiger partial charge in [-0.3, -0.25) is 4.79 Å². The Hall–Kier alpha value is -3.82. The molecule has 4 rings (SSSR count). The Bertz CT molecular complexity index is 1490. The van der Waals surface area contributed by atoms with Crippen LogP contribution >= 0.6 is 0 Å². The van der Waals surface area contributed by atoms with Gasteiger partial charge in [-0.2, -0.15) is 0 Å². The second-order valence-electron chi connectivity index (χ2n) is 13.6. The van der Waals surface area contributed by atoms with E-state index in [1.165, 1.54) is 0 Å². The number of esters is 1. The van der Waals surface area contributed by atoms with Crippen LogP contribution in [0.1, 0.15) is 34.6 Å². The van der Waals surface area contributed by atoms with Crippen molar-refractivity contribution in [1.82, 2.24) is 19.7 Å². The van der Waals surface area contributed by atoms with E-state index >= 15 is 0 Å². The molecular formula is C34H44N4O4Si. The molecule has 2 aromatic heterocycles. The minimum absolute atomic E-state index is 0.164. The average molecular weight is 601 g/mol. The van der Waals surface area contributed by atoms with Gasteiger partial charge in [0.05, 0.1) is 5.41 Å². The maximum Gasteiger partial charge on any atom is 0.315 e. The molecule has 0 aliphatic rings. The highest BCUT2D eigenvalue weighted by Gasteiger charge is 2.33. The van der Waals surface area contributed by atoms with Gasteiger partial charge in [0, 0.05) is 43.6 Å². The number of rotatable bonds is 12. The van der Waals surface area contributed by atoms with E-state index in [0.717, 1.165) is 34.1 Å². The maximum atomic E-state index is 12.5. The second-order valence-corrected chi connectivity index (χ2v) is 19.2. The van der Waals surface area contributed by atoms with Crippen molar-refractivity contribution in [3.05, 3.63) is 72.9 Å². The molecular weight excluding hydrogens is 556 g/mol. The summed E-state index contributed by atoms with van der Waals surface area (Å²) in [5.74, 6) is 1.57. The summed E-state index contributed by atoms with van der Waals surface area (Å²) in [4.78, 5) is 21.9. The fourth-order valence-corrected chi connectivity index (χ4v) is 4.82. The quantitative estimate of drug-likeness (QED) is 0.0934. The number of aromatic nitrogens is 4. The van der Waals surface area contributed by atoms with Crippen molar-refractivity contribution in [2.24, 2.45) is 5.41 Å². The van der Waals surface area contributed by atoms with Crippen molar-refractivity contribution in [2.45, 2.75) is 72.6 Å². The van der Waals surface area contributed by atoms with E-state index in [9.17, 15) is 4.79 Å². The molecule has 0 radical (unpaired) electrons. The lowest BCUT2D eigenvalue weighted by molar-refractivity contribution is -0.167. The van der Waals surface area contributed by atoms with Crippen molar-refractivity contribution in [1.29, 1.82) is 0 Å². The zero-order valence-electron chi connectivity index (χ0n) is 26.7. The van der Waals surface area contributed by atoms with Crippen LogP contribution in [0.25, 0.3) is 33.9 Å². The summed E-state index contributed by atoms with van der Waals surface area (Å²) in [6.45, 7) is 17.4. The van der Waals surface area contributed by atoms with Crippen LogP contribution in [0.5, 0.6) is 5.88 Å². The van der Waals surface area contributed by atoms with Gasteiger partial charge in [0.2, 0.25) is 5.88 Å². The monoisotopic (exact) mass is 600 g/mol. The average Bonchev–Trinajstić information content (AvgIpc) is 3.38. The van der Waals surface area contributed by atoms with Crippen LogP contribution in [0.4, 0.5) is 0 Å². The number of carbonyl (C=O) groups is 1. The van der Waals surface area contributed by atoms with Crippen molar-refractivity contribution >= 4 is 14.0 Å². The molecule has 2 aromatic carbocycles. The predicted octanol–water partition coefficient (Wildman–Crippen LogP) is 7.73. The number of benzene rings is 2. The topological polar surface area (TPSA) is 88.4 Å². The second kappa shape index (κ2) is 13.2. The molecule has 0 N–H and O–H groups in total. The van der Waals surface area contributed by atoms with Gasteiger partial charge in [0.25, 0.3) is 0 Å². The number of hydrogen-bond donors (Lipinski definition) is 0. The fraction of sp³-hybridized carbons (Fsp3) is 0.412. The minimum Gasteiger partial charge on any atom is -0.476 e. The van der Waals surface area contributed by atoms with Gasteiger partial charge >= 0.3 is 5.97 Å². The van der Waals surface area contributed by atoms with E-state index in [0.29, 0.717) is 25.0 Å². The standard InChI is InChI=1S/C34H44N4O4Si/c1-33(2,3)42-32(39)34(4,5)23-41-29-19-18-28(22-35-29)25-14-16-26(17-15-25)30-36-31(27-12-10-9-11-13-27)38(37-30)24-40-20-21-43(6,7)8/h9-19,22H,20-21,23-24H2,1-8H3. The third kappa shape index (κ3) is 9.33. The Labute approximate surface area is 256 Å². The molecule has 0 amide bonds. The van der Waals surface area contributed by atoms with Gasteiger partial charge in [0.15, 0.2) is 11.6 Å². The summed E-state index contributed by atoms with van der Waals surface area (Å²) in [5, 5.41) is 4.81. The molecule has 0 unspecified atom stereocenters. The number of ether oxygens (including phenoxy) is 3. The molecule has 0 bridgehead atoms. The van der Waals surface area contributed by atoms with Gasteiger partial charge in [-0.15, -0.1) is 5.10 Å². The van der Waals surface area contributed by atoms with E-state index in [2.05, 4.69) is 24.6 Å². The van der Waals surface area contributed by atoms with Crippen LogP contribution in [0.15, 0.2) is 72.9 Å². The molecule has 9 heteroatoms. The van der Waals surface area contributed by atoms with E-state index in [1.54, 1.807) is 20.0 Å². The first-order valence-electron chi connectivity index (χ1n) is 14.7. The number of carbonyl (C=O) groups excluding carboxylic acids is 1. The van der Waals surface area contributed by atoms with Crippen molar-refractivity contribution in [2.75, 3.05) is 13.2 Å². The summed E-state index contributed by atoms with van der Waals surface area (Å²) in [6.07, 6.45) is 1.77. The van der Waals surface area contributed by atoms with Crippen LogP contribution in [0.3, 0.4) is 0 Å². The third-order valence-electron chi connectivity index (χ3n) is 6.66. The number of hydrogen-bond acceptors (Lipinski definition) is 7. The van der Waals surface area contributed by atoms with E-state index in [4.69, 9.17) is 24.3 Å². The van der Waals surface area contributed by atoms with Gasteiger partial charge < -0.3 is 14.2 Å². The van der Waals surface area contributed by atoms with Crippen molar-refractivity contribution in [3.63, 3.8) is 0 Å². The number of nitrogens with zero attached hydrogens (tertiary/aromatic N) is 4. The molecule has 2 heterocycles. The normalized spacial score (nSPS) is 12.3. The summed E-state index contributed by atoms with van der Waals surface area (Å²) >= 11 is 0. The lowest BCUT2D eigenvalue weighted by Gasteiger charge is -2.28. The van der Waals surface area contributed by atoms with Crippen molar-refractivity contribution < 1.29 is 19.0 Å². The zero-order valence-corrected chi connectivity index (χ0v) is 27.7. The van der Waals surface area contributed by atoms with Crippen LogP contribution in [0, 0.1) is 5.41 Å². The van der Waals surface area contributed by atoms with E-state index in [1.807, 2.05) is 92.2 Å². The molecule has 0 aliphatic carbocycles. The van der Waals surface area contributed by atoms with E-state index in [-0.39, 0.29) is 12.6 Å². The van der Waals surface area contributed by atoms with Crippen LogP contribution in [-0.2, 0) is 21.0 Å². The summed E-state index contributed by atoms with van der Waals surface area (Å²) < 4.78 is 19.2. The van der Waals surface area contributed by atoms with Gasteiger partial charge in [-0.1, -0.05) is 74.2 Å². The molecule has 8 nitrogen and oxygen atoms in total. The lowest BCUT2D eigenvalue weighted by atomic mass is 9.94. The first-order chi connectivity index (χ1) is 20.2. The lowest BCUT2D eigenvalue weighted by Crippen LogP contribution is -2.37. The molecule has 0 fully saturated rings. The van der Waals surface area contributed by atoms with Gasteiger partial charge in [0.1, 0.15) is 18.9 Å². The zero-order chi connectivity index (χ0) is 31.3. The molecule has 0 saturated heterocycles. The molecule has 0 saturated carbocycles. The molecule has 0 spiro atoms. The van der Waals surface area contributed by atoms with Crippen molar-refractivity contribution in [3.8, 4) is 39.8 Å². The third-order valence-corrected chi connectivity index (χ3v) is 8.36. The summed E-state index contributed by atoms with van der Waals surface area (Å²) in [6, 6.07) is 23.0. The van der Waals surface area contributed by atoms with Crippen LogP contribution in [-0.4, -0.2) is 52.6 Å². The Morgan fingerprint density at radius 3 is 2.09 bits per heavy atom. The number of pyridine rings is 1. The Balaban J connectivity index is 1.44. The van der Waals surface area contributed by atoms with E-state index < -0.39 is 19.1 Å². The first kappa shape index (κ1) is 32.1. The Morgan fingerprint density at radius 2 is 1.49 bits per heavy atom. The molecule has 4 aromatic rings. The predicted molar refractivity (Wildman–Crippen MR) is 173 cm³/mol. The highest BCUT2D eigenvalue weighted by Crippen LogP contribution is 2.27. The molecule has 228 valence electrons. The molecule has 0 aliphatic heterocycles.